The standard InChI is InChI=1S/C15H21FN2O3/c1-21-13-5-2-4-12(16)14(13)15(20)18-7-3-6-17(8-9-18)10-11-19/h2,4-5,19H,3,6-11H2,1H3. The SMILES string of the molecule is COc1cccc(F)c1C(=O)N1CCCN(CCO)CC1. The molecule has 0 spiro atoms. The first-order valence-electron chi connectivity index (χ1n) is 7.12. The summed E-state index contributed by atoms with van der Waals surface area (Å²) in [6.45, 7) is 3.33. The van der Waals surface area contributed by atoms with Crippen LogP contribution in [0.25, 0.3) is 0 Å². The number of aliphatic hydroxyl groups excluding tert-OH is 1. The van der Waals surface area contributed by atoms with E-state index in [1.54, 1.807) is 11.0 Å². The molecule has 0 radical (unpaired) electrons. The van der Waals surface area contributed by atoms with E-state index in [4.69, 9.17) is 9.84 Å². The number of ether oxygens (including phenoxy) is 1. The van der Waals surface area contributed by atoms with Gasteiger partial charge in [-0.1, -0.05) is 6.07 Å². The number of amides is 1. The van der Waals surface area contributed by atoms with Crippen molar-refractivity contribution in [2.24, 2.45) is 0 Å². The quantitative estimate of drug-likeness (QED) is 0.900. The second-order valence-electron chi connectivity index (χ2n) is 5.03. The molecule has 5 nitrogen and oxygen atoms in total. The molecule has 21 heavy (non-hydrogen) atoms. The monoisotopic (exact) mass is 296 g/mol. The predicted molar refractivity (Wildman–Crippen MR) is 77.0 cm³/mol. The van der Waals surface area contributed by atoms with Crippen molar-refractivity contribution < 1.29 is 19.0 Å². The Labute approximate surface area is 123 Å². The Morgan fingerprint density at radius 3 is 2.86 bits per heavy atom. The summed E-state index contributed by atoms with van der Waals surface area (Å²) in [5.41, 5.74) is -0.00407. The average Bonchev–Trinajstić information content (AvgIpc) is 2.72. The normalized spacial score (nSPS) is 16.6. The number of carbonyl (C=O) groups is 1. The molecule has 2 rings (SSSR count). The smallest absolute Gasteiger partial charge is 0.260 e. The minimum Gasteiger partial charge on any atom is -0.496 e. The van der Waals surface area contributed by atoms with E-state index in [1.807, 2.05) is 0 Å². The van der Waals surface area contributed by atoms with Gasteiger partial charge in [0.15, 0.2) is 0 Å². The van der Waals surface area contributed by atoms with Gasteiger partial charge in [0.05, 0.1) is 13.7 Å². The molecule has 1 saturated heterocycles. The lowest BCUT2D eigenvalue weighted by Gasteiger charge is -2.22. The third-order valence-electron chi connectivity index (χ3n) is 3.70. The summed E-state index contributed by atoms with van der Waals surface area (Å²) < 4.78 is 19.1. The predicted octanol–water partition coefficient (Wildman–Crippen LogP) is 0.974. The van der Waals surface area contributed by atoms with Crippen molar-refractivity contribution in [3.63, 3.8) is 0 Å². The van der Waals surface area contributed by atoms with E-state index < -0.39 is 5.82 Å². The van der Waals surface area contributed by atoms with Crippen LogP contribution in [0.4, 0.5) is 4.39 Å². The molecular formula is C15H21FN2O3. The van der Waals surface area contributed by atoms with Gasteiger partial charge < -0.3 is 14.7 Å². The third kappa shape index (κ3) is 3.71. The van der Waals surface area contributed by atoms with Crippen LogP contribution < -0.4 is 4.74 Å². The van der Waals surface area contributed by atoms with E-state index in [0.29, 0.717) is 26.2 Å². The van der Waals surface area contributed by atoms with Gasteiger partial charge in [-0.2, -0.15) is 0 Å². The van der Waals surface area contributed by atoms with Crippen LogP contribution in [0.15, 0.2) is 18.2 Å². The number of hydrogen-bond acceptors (Lipinski definition) is 4. The molecule has 0 bridgehead atoms. The van der Waals surface area contributed by atoms with Gasteiger partial charge in [0.25, 0.3) is 5.91 Å². The highest BCUT2D eigenvalue weighted by atomic mass is 19.1. The van der Waals surface area contributed by atoms with Gasteiger partial charge in [0.1, 0.15) is 17.1 Å². The van der Waals surface area contributed by atoms with Crippen molar-refractivity contribution in [3.8, 4) is 5.75 Å². The highest BCUT2D eigenvalue weighted by Crippen LogP contribution is 2.23. The van der Waals surface area contributed by atoms with Gasteiger partial charge in [-0.25, -0.2) is 4.39 Å². The van der Waals surface area contributed by atoms with E-state index >= 15 is 0 Å². The van der Waals surface area contributed by atoms with Crippen molar-refractivity contribution in [3.05, 3.63) is 29.6 Å². The average molecular weight is 296 g/mol. The zero-order valence-corrected chi connectivity index (χ0v) is 12.2. The maximum absolute atomic E-state index is 14.0. The molecule has 1 aliphatic heterocycles. The molecule has 0 atom stereocenters. The first-order valence-corrected chi connectivity index (χ1v) is 7.12. The number of hydrogen-bond donors (Lipinski definition) is 1. The van der Waals surface area contributed by atoms with Crippen molar-refractivity contribution in [2.45, 2.75) is 6.42 Å². The van der Waals surface area contributed by atoms with Crippen LogP contribution in [0.3, 0.4) is 0 Å². The minimum atomic E-state index is -0.559. The van der Waals surface area contributed by atoms with Crippen LogP contribution >= 0.6 is 0 Å². The van der Waals surface area contributed by atoms with Gasteiger partial charge in [0.2, 0.25) is 0 Å². The topological polar surface area (TPSA) is 53.0 Å². The van der Waals surface area contributed by atoms with E-state index in [9.17, 15) is 9.18 Å². The highest BCUT2D eigenvalue weighted by Gasteiger charge is 2.25. The van der Waals surface area contributed by atoms with E-state index in [-0.39, 0.29) is 23.8 Å². The van der Waals surface area contributed by atoms with Crippen molar-refractivity contribution in [1.29, 1.82) is 0 Å². The zero-order valence-electron chi connectivity index (χ0n) is 12.2. The Balaban J connectivity index is 2.13. The van der Waals surface area contributed by atoms with Crippen LogP contribution in [0.2, 0.25) is 0 Å². The summed E-state index contributed by atoms with van der Waals surface area (Å²) in [4.78, 5) is 16.3. The number of nitrogens with zero attached hydrogens (tertiary/aromatic N) is 2. The molecule has 1 aliphatic rings. The Hall–Kier alpha value is -1.66. The van der Waals surface area contributed by atoms with Crippen LogP contribution in [-0.4, -0.2) is 67.3 Å². The molecule has 1 N–H and O–H groups in total. The number of halogens is 1. The summed E-state index contributed by atoms with van der Waals surface area (Å²) in [5, 5.41) is 8.98. The molecule has 1 heterocycles. The Bertz CT molecular complexity index is 496. The Kier molecular flexibility index (Phi) is 5.52. The van der Waals surface area contributed by atoms with Gasteiger partial charge in [-0.15, -0.1) is 0 Å². The lowest BCUT2D eigenvalue weighted by molar-refractivity contribution is 0.0752. The number of methoxy groups -OCH3 is 1. The molecule has 6 heteroatoms. The van der Waals surface area contributed by atoms with Gasteiger partial charge in [-0.3, -0.25) is 9.69 Å². The molecule has 0 aromatic heterocycles. The zero-order chi connectivity index (χ0) is 15.2. The summed E-state index contributed by atoms with van der Waals surface area (Å²) >= 11 is 0. The second-order valence-corrected chi connectivity index (χ2v) is 5.03. The molecule has 0 aliphatic carbocycles. The number of carbonyl (C=O) groups excluding carboxylic acids is 1. The van der Waals surface area contributed by atoms with Gasteiger partial charge in [-0.05, 0) is 25.1 Å². The fourth-order valence-electron chi connectivity index (χ4n) is 2.58. The number of benzene rings is 1. The summed E-state index contributed by atoms with van der Waals surface area (Å²) in [7, 11) is 1.43. The van der Waals surface area contributed by atoms with Gasteiger partial charge >= 0.3 is 0 Å². The third-order valence-corrected chi connectivity index (χ3v) is 3.70. The second kappa shape index (κ2) is 7.38. The molecule has 1 amide bonds. The maximum Gasteiger partial charge on any atom is 0.260 e. The van der Waals surface area contributed by atoms with Crippen molar-refractivity contribution >= 4 is 5.91 Å². The van der Waals surface area contributed by atoms with Crippen LogP contribution in [0.1, 0.15) is 16.8 Å². The molecule has 1 aromatic carbocycles. The van der Waals surface area contributed by atoms with E-state index in [1.165, 1.54) is 19.2 Å². The maximum atomic E-state index is 14.0. The Morgan fingerprint density at radius 1 is 1.33 bits per heavy atom. The van der Waals surface area contributed by atoms with Crippen molar-refractivity contribution in [2.75, 3.05) is 46.4 Å². The fourth-order valence-corrected chi connectivity index (χ4v) is 2.58. The van der Waals surface area contributed by atoms with Crippen LogP contribution in [0, 0.1) is 5.82 Å². The fraction of sp³-hybridized carbons (Fsp3) is 0.533. The summed E-state index contributed by atoms with van der Waals surface area (Å²) in [6, 6.07) is 4.38. The molecular weight excluding hydrogens is 275 g/mol. The van der Waals surface area contributed by atoms with E-state index in [0.717, 1.165) is 13.0 Å². The largest absolute Gasteiger partial charge is 0.496 e. The lowest BCUT2D eigenvalue weighted by atomic mass is 10.1. The summed E-state index contributed by atoms with van der Waals surface area (Å²) in [5.74, 6) is -0.636. The van der Waals surface area contributed by atoms with Crippen LogP contribution in [0.5, 0.6) is 5.75 Å². The molecule has 0 saturated carbocycles. The van der Waals surface area contributed by atoms with E-state index in [2.05, 4.69) is 4.90 Å². The first kappa shape index (κ1) is 15.7. The molecule has 1 fully saturated rings. The van der Waals surface area contributed by atoms with Gasteiger partial charge in [0, 0.05) is 26.2 Å². The summed E-state index contributed by atoms with van der Waals surface area (Å²) in [6.07, 6.45) is 0.808. The first-order chi connectivity index (χ1) is 10.2. The highest BCUT2D eigenvalue weighted by molar-refractivity contribution is 5.97. The molecule has 1 aromatic rings. The number of rotatable bonds is 4. The van der Waals surface area contributed by atoms with Crippen molar-refractivity contribution in [1.82, 2.24) is 9.80 Å². The lowest BCUT2D eigenvalue weighted by Crippen LogP contribution is -2.36. The molecule has 0 unspecified atom stereocenters. The number of β-amino-alcohol motifs (C(OH)–C–C–N with tert-alkyl or cyclic N) is 1. The number of aliphatic hydroxyl groups is 1. The minimum absolute atomic E-state index is 0.00407. The molecule has 116 valence electrons. The Morgan fingerprint density at radius 2 is 2.14 bits per heavy atom. The van der Waals surface area contributed by atoms with Crippen LogP contribution in [-0.2, 0) is 0 Å².